The first-order chi connectivity index (χ1) is 13.7. The number of carbonyl (C=O) groups excluding carboxylic acids is 1. The predicted octanol–water partition coefficient (Wildman–Crippen LogP) is 3.12. The Kier molecular flexibility index (Phi) is 5.19. The topological polar surface area (TPSA) is 64.6 Å². The Balaban J connectivity index is 1.42. The molecular weight excluding hydrogens is 354 g/mol. The summed E-state index contributed by atoms with van der Waals surface area (Å²) in [4.78, 5) is 23.5. The molecule has 142 valence electrons. The van der Waals surface area contributed by atoms with Crippen molar-refractivity contribution >= 4 is 5.91 Å². The van der Waals surface area contributed by atoms with Crippen LogP contribution in [0, 0.1) is 0 Å². The van der Waals surface area contributed by atoms with Gasteiger partial charge in [-0.15, -0.1) is 0 Å². The number of aromatic nitrogens is 2. The van der Waals surface area contributed by atoms with Crippen LogP contribution in [0.15, 0.2) is 60.8 Å². The highest BCUT2D eigenvalue weighted by atomic mass is 16.5. The Bertz CT molecular complexity index is 959. The van der Waals surface area contributed by atoms with Crippen LogP contribution in [-0.4, -0.2) is 41.0 Å². The summed E-state index contributed by atoms with van der Waals surface area (Å²) in [6.07, 6.45) is 2.53. The van der Waals surface area contributed by atoms with Crippen LogP contribution in [0.2, 0.25) is 0 Å². The monoisotopic (exact) mass is 375 g/mol. The Morgan fingerprint density at radius 1 is 1.07 bits per heavy atom. The van der Waals surface area contributed by atoms with Gasteiger partial charge < -0.3 is 14.4 Å². The molecule has 0 atom stereocenters. The third-order valence-electron chi connectivity index (χ3n) is 4.74. The van der Waals surface area contributed by atoms with Gasteiger partial charge in [-0.2, -0.15) is 0 Å². The van der Waals surface area contributed by atoms with Crippen LogP contribution in [0.5, 0.6) is 11.5 Å². The number of fused-ring (bicyclic) bond motifs is 1. The molecule has 0 N–H and O–H groups in total. The van der Waals surface area contributed by atoms with Gasteiger partial charge in [0.2, 0.25) is 0 Å². The van der Waals surface area contributed by atoms with E-state index in [0.717, 1.165) is 22.6 Å². The molecule has 0 aliphatic carbocycles. The van der Waals surface area contributed by atoms with E-state index in [2.05, 4.69) is 4.98 Å². The fraction of sp³-hybridized carbons (Fsp3) is 0.227. The van der Waals surface area contributed by atoms with E-state index in [1.165, 1.54) is 0 Å². The molecule has 1 aliphatic rings. The van der Waals surface area contributed by atoms with E-state index in [1.807, 2.05) is 60.8 Å². The molecule has 3 aromatic rings. The molecule has 0 unspecified atom stereocenters. The summed E-state index contributed by atoms with van der Waals surface area (Å²) in [5, 5.41) is 0. The van der Waals surface area contributed by atoms with E-state index in [0.29, 0.717) is 31.1 Å². The zero-order valence-electron chi connectivity index (χ0n) is 15.7. The van der Waals surface area contributed by atoms with E-state index >= 15 is 0 Å². The van der Waals surface area contributed by atoms with E-state index in [4.69, 9.17) is 14.5 Å². The molecule has 2 aromatic carbocycles. The molecule has 0 bridgehead atoms. The lowest BCUT2D eigenvalue weighted by Gasteiger charge is -2.28. The molecule has 0 spiro atoms. The highest BCUT2D eigenvalue weighted by Crippen LogP contribution is 2.23. The Labute approximate surface area is 163 Å². The Morgan fingerprint density at radius 2 is 1.86 bits per heavy atom. The van der Waals surface area contributed by atoms with Crippen LogP contribution in [0.25, 0.3) is 11.4 Å². The zero-order valence-corrected chi connectivity index (χ0v) is 15.7. The van der Waals surface area contributed by atoms with Crippen molar-refractivity contribution in [1.29, 1.82) is 0 Å². The molecule has 1 aromatic heterocycles. The van der Waals surface area contributed by atoms with Crippen molar-refractivity contribution in [2.75, 3.05) is 20.3 Å². The van der Waals surface area contributed by atoms with Gasteiger partial charge in [-0.1, -0.05) is 18.2 Å². The van der Waals surface area contributed by atoms with Crippen molar-refractivity contribution in [2.45, 2.75) is 13.0 Å². The molecular formula is C22H21N3O3. The third-order valence-corrected chi connectivity index (χ3v) is 4.74. The highest BCUT2D eigenvalue weighted by Gasteiger charge is 2.23. The normalized spacial score (nSPS) is 13.0. The molecule has 0 radical (unpaired) electrons. The largest absolute Gasteiger partial charge is 0.497 e. The third kappa shape index (κ3) is 3.96. The number of methoxy groups -OCH3 is 1. The molecule has 1 aliphatic heterocycles. The van der Waals surface area contributed by atoms with Gasteiger partial charge in [0.1, 0.15) is 11.5 Å². The first-order valence-corrected chi connectivity index (χ1v) is 9.18. The summed E-state index contributed by atoms with van der Waals surface area (Å²) in [5.74, 6) is 2.15. The van der Waals surface area contributed by atoms with Crippen LogP contribution in [0.4, 0.5) is 0 Å². The summed E-state index contributed by atoms with van der Waals surface area (Å²) in [7, 11) is 1.64. The lowest BCUT2D eigenvalue weighted by molar-refractivity contribution is -0.134. The van der Waals surface area contributed by atoms with Crippen LogP contribution in [0.3, 0.4) is 0 Å². The predicted molar refractivity (Wildman–Crippen MR) is 105 cm³/mol. The van der Waals surface area contributed by atoms with Crippen LogP contribution >= 0.6 is 0 Å². The van der Waals surface area contributed by atoms with E-state index < -0.39 is 0 Å². The number of hydrogen-bond acceptors (Lipinski definition) is 5. The van der Waals surface area contributed by atoms with Gasteiger partial charge in [0, 0.05) is 36.8 Å². The second-order valence-electron chi connectivity index (χ2n) is 6.56. The van der Waals surface area contributed by atoms with Crippen molar-refractivity contribution in [3.05, 3.63) is 72.1 Å². The van der Waals surface area contributed by atoms with Crippen molar-refractivity contribution in [2.24, 2.45) is 0 Å². The van der Waals surface area contributed by atoms with Crippen LogP contribution < -0.4 is 9.47 Å². The average molecular weight is 375 g/mol. The number of ether oxygens (including phenoxy) is 2. The minimum Gasteiger partial charge on any atom is -0.497 e. The number of amides is 1. The lowest BCUT2D eigenvalue weighted by atomic mass is 10.1. The van der Waals surface area contributed by atoms with Gasteiger partial charge in [0.15, 0.2) is 12.4 Å². The first-order valence-electron chi connectivity index (χ1n) is 9.18. The number of carbonyl (C=O) groups is 1. The standard InChI is InChI=1S/C22H21N3O3/c1-27-18-9-7-16(8-10-18)22-23-13-17-14-25(12-11-20(17)24-22)21(26)15-28-19-5-3-2-4-6-19/h2-10,13H,11-12,14-15H2,1H3. The molecule has 0 saturated carbocycles. The lowest BCUT2D eigenvalue weighted by Crippen LogP contribution is -2.39. The Morgan fingerprint density at radius 3 is 2.61 bits per heavy atom. The summed E-state index contributed by atoms with van der Waals surface area (Å²) in [6.45, 7) is 1.17. The highest BCUT2D eigenvalue weighted by molar-refractivity contribution is 5.78. The summed E-state index contributed by atoms with van der Waals surface area (Å²) in [5.41, 5.74) is 2.92. The van der Waals surface area contributed by atoms with E-state index in [-0.39, 0.29) is 12.5 Å². The number of benzene rings is 2. The van der Waals surface area contributed by atoms with Crippen molar-refractivity contribution in [3.63, 3.8) is 0 Å². The van der Waals surface area contributed by atoms with Crippen molar-refractivity contribution in [3.8, 4) is 22.9 Å². The first kappa shape index (κ1) is 18.0. The smallest absolute Gasteiger partial charge is 0.260 e. The van der Waals surface area contributed by atoms with Gasteiger partial charge in [0.05, 0.1) is 12.8 Å². The maximum atomic E-state index is 12.5. The minimum atomic E-state index is -0.0336. The van der Waals surface area contributed by atoms with E-state index in [1.54, 1.807) is 12.0 Å². The van der Waals surface area contributed by atoms with Gasteiger partial charge in [0.25, 0.3) is 5.91 Å². The van der Waals surface area contributed by atoms with Crippen molar-refractivity contribution < 1.29 is 14.3 Å². The van der Waals surface area contributed by atoms with Crippen LogP contribution in [-0.2, 0) is 17.8 Å². The van der Waals surface area contributed by atoms with Gasteiger partial charge in [-0.3, -0.25) is 4.79 Å². The average Bonchev–Trinajstić information content (AvgIpc) is 2.77. The molecule has 0 fully saturated rings. The summed E-state index contributed by atoms with van der Waals surface area (Å²) < 4.78 is 10.8. The van der Waals surface area contributed by atoms with Crippen molar-refractivity contribution in [1.82, 2.24) is 14.9 Å². The number of nitrogens with zero attached hydrogens (tertiary/aromatic N) is 3. The second-order valence-corrected chi connectivity index (χ2v) is 6.56. The number of rotatable bonds is 5. The summed E-state index contributed by atoms with van der Waals surface area (Å²) in [6, 6.07) is 17.0. The van der Waals surface area contributed by atoms with Gasteiger partial charge >= 0.3 is 0 Å². The van der Waals surface area contributed by atoms with Crippen LogP contribution in [0.1, 0.15) is 11.3 Å². The molecule has 28 heavy (non-hydrogen) atoms. The minimum absolute atomic E-state index is 0.0319. The van der Waals surface area contributed by atoms with Gasteiger partial charge in [-0.25, -0.2) is 9.97 Å². The maximum Gasteiger partial charge on any atom is 0.260 e. The fourth-order valence-corrected chi connectivity index (χ4v) is 3.16. The number of hydrogen-bond donors (Lipinski definition) is 0. The molecule has 1 amide bonds. The zero-order chi connectivity index (χ0) is 19.3. The quantitative estimate of drug-likeness (QED) is 0.686. The fourth-order valence-electron chi connectivity index (χ4n) is 3.16. The molecule has 6 nitrogen and oxygen atoms in total. The SMILES string of the molecule is COc1ccc(-c2ncc3c(n2)CCN(C(=O)COc2ccccc2)C3)cc1. The van der Waals surface area contributed by atoms with Gasteiger partial charge in [-0.05, 0) is 36.4 Å². The van der Waals surface area contributed by atoms with E-state index in [9.17, 15) is 4.79 Å². The second kappa shape index (κ2) is 8.08. The molecule has 0 saturated heterocycles. The maximum absolute atomic E-state index is 12.5. The summed E-state index contributed by atoms with van der Waals surface area (Å²) >= 11 is 0. The molecule has 6 heteroatoms. The number of para-hydroxylation sites is 1. The Hall–Kier alpha value is -3.41. The molecule has 2 heterocycles. The molecule has 4 rings (SSSR count).